The Hall–Kier alpha value is -1.11. The van der Waals surface area contributed by atoms with Gasteiger partial charge in [0.15, 0.2) is 0 Å². The van der Waals surface area contributed by atoms with E-state index in [9.17, 15) is 0 Å². The number of hydrogen-bond acceptors (Lipinski definition) is 5. The Balaban J connectivity index is 2.16. The van der Waals surface area contributed by atoms with Crippen molar-refractivity contribution < 1.29 is 10.0 Å². The lowest BCUT2D eigenvalue weighted by Crippen LogP contribution is -2.45. The van der Waals surface area contributed by atoms with E-state index in [1.165, 1.54) is 6.20 Å². The molecule has 0 radical (unpaired) electrons. The van der Waals surface area contributed by atoms with Crippen molar-refractivity contribution in [3.8, 4) is 0 Å². The van der Waals surface area contributed by atoms with E-state index >= 15 is 0 Å². The molecule has 0 aliphatic carbocycles. The molecule has 0 unspecified atom stereocenters. The summed E-state index contributed by atoms with van der Waals surface area (Å²) in [4.78, 5) is 8.86. The molecule has 0 bridgehead atoms. The fourth-order valence-electron chi connectivity index (χ4n) is 2.08. The zero-order valence-electron chi connectivity index (χ0n) is 10.3. The number of rotatable bonds is 2. The molecule has 6 heteroatoms. The SMILES string of the molecule is Cc1cc(B(O)O)cnc1N1CCN(C)CC1. The van der Waals surface area contributed by atoms with Crippen LogP contribution >= 0.6 is 0 Å². The number of aryl methyl sites for hydroxylation is 1. The summed E-state index contributed by atoms with van der Waals surface area (Å²) < 4.78 is 0. The predicted molar refractivity (Wildman–Crippen MR) is 68.5 cm³/mol. The maximum atomic E-state index is 9.08. The van der Waals surface area contributed by atoms with Gasteiger partial charge in [-0.05, 0) is 19.5 Å². The van der Waals surface area contributed by atoms with Crippen LogP contribution in [0.15, 0.2) is 12.3 Å². The normalized spacial score (nSPS) is 17.3. The first kappa shape index (κ1) is 12.4. The van der Waals surface area contributed by atoms with Crippen LogP contribution in [0.5, 0.6) is 0 Å². The molecule has 92 valence electrons. The van der Waals surface area contributed by atoms with E-state index < -0.39 is 7.12 Å². The van der Waals surface area contributed by atoms with E-state index in [1.54, 1.807) is 6.07 Å². The van der Waals surface area contributed by atoms with Crippen molar-refractivity contribution in [3.63, 3.8) is 0 Å². The summed E-state index contributed by atoms with van der Waals surface area (Å²) in [6.07, 6.45) is 1.53. The zero-order chi connectivity index (χ0) is 12.4. The first-order valence-corrected chi connectivity index (χ1v) is 5.84. The number of anilines is 1. The molecule has 1 aromatic rings. The number of pyridine rings is 1. The predicted octanol–water partition coefficient (Wildman–Crippen LogP) is -1.18. The van der Waals surface area contributed by atoms with E-state index in [1.807, 2.05) is 6.92 Å². The molecule has 1 saturated heterocycles. The van der Waals surface area contributed by atoms with E-state index in [4.69, 9.17) is 10.0 Å². The minimum atomic E-state index is -1.44. The summed E-state index contributed by atoms with van der Waals surface area (Å²) >= 11 is 0. The number of nitrogens with zero attached hydrogens (tertiary/aromatic N) is 3. The van der Waals surface area contributed by atoms with E-state index in [2.05, 4.69) is 21.8 Å². The second kappa shape index (κ2) is 5.04. The van der Waals surface area contributed by atoms with Crippen LogP contribution in [0.4, 0.5) is 5.82 Å². The van der Waals surface area contributed by atoms with Crippen LogP contribution in [0.3, 0.4) is 0 Å². The molecule has 0 aromatic carbocycles. The minimum absolute atomic E-state index is 0.445. The van der Waals surface area contributed by atoms with Gasteiger partial charge in [-0.25, -0.2) is 4.98 Å². The van der Waals surface area contributed by atoms with Crippen LogP contribution in [0.25, 0.3) is 0 Å². The maximum Gasteiger partial charge on any atom is 0.490 e. The van der Waals surface area contributed by atoms with Gasteiger partial charge in [0.25, 0.3) is 0 Å². The second-order valence-corrected chi connectivity index (χ2v) is 4.57. The molecule has 2 heterocycles. The van der Waals surface area contributed by atoms with Crippen molar-refractivity contribution in [1.29, 1.82) is 0 Å². The molecule has 1 aliphatic heterocycles. The fraction of sp³-hybridized carbons (Fsp3) is 0.545. The summed E-state index contributed by atoms with van der Waals surface area (Å²) in [5.74, 6) is 0.947. The largest absolute Gasteiger partial charge is 0.490 e. The van der Waals surface area contributed by atoms with Gasteiger partial charge in [0.2, 0.25) is 0 Å². The number of likely N-dealkylation sites (N-methyl/N-ethyl adjacent to an activating group) is 1. The Kier molecular flexibility index (Phi) is 3.66. The summed E-state index contributed by atoms with van der Waals surface area (Å²) in [7, 11) is 0.672. The molecule has 0 spiro atoms. The molecule has 17 heavy (non-hydrogen) atoms. The third-order valence-electron chi connectivity index (χ3n) is 3.17. The van der Waals surface area contributed by atoms with Gasteiger partial charge in [-0.2, -0.15) is 0 Å². The highest BCUT2D eigenvalue weighted by atomic mass is 16.4. The van der Waals surface area contributed by atoms with Gasteiger partial charge >= 0.3 is 7.12 Å². The Morgan fingerprint density at radius 1 is 1.24 bits per heavy atom. The molecule has 2 rings (SSSR count). The average Bonchev–Trinajstić information content (AvgIpc) is 2.30. The van der Waals surface area contributed by atoms with Gasteiger partial charge in [0.1, 0.15) is 5.82 Å². The van der Waals surface area contributed by atoms with Crippen LogP contribution in [-0.2, 0) is 0 Å². The standard InChI is InChI=1S/C11H18BN3O2/c1-9-7-10(12(16)17)8-13-11(9)15-5-3-14(2)4-6-15/h7-8,16-17H,3-6H2,1-2H3. The van der Waals surface area contributed by atoms with Crippen molar-refractivity contribution in [2.75, 3.05) is 38.1 Å². The van der Waals surface area contributed by atoms with Crippen LogP contribution < -0.4 is 10.4 Å². The smallest absolute Gasteiger partial charge is 0.423 e. The lowest BCUT2D eigenvalue weighted by Gasteiger charge is -2.34. The van der Waals surface area contributed by atoms with Crippen molar-refractivity contribution >= 4 is 18.4 Å². The van der Waals surface area contributed by atoms with Gasteiger partial charge < -0.3 is 19.8 Å². The Labute approximate surface area is 102 Å². The van der Waals surface area contributed by atoms with Gasteiger partial charge in [-0.1, -0.05) is 6.07 Å². The van der Waals surface area contributed by atoms with E-state index in [0.717, 1.165) is 37.6 Å². The van der Waals surface area contributed by atoms with Crippen molar-refractivity contribution in [1.82, 2.24) is 9.88 Å². The average molecular weight is 235 g/mol. The molecule has 1 aliphatic rings. The monoisotopic (exact) mass is 235 g/mol. The van der Waals surface area contributed by atoms with Gasteiger partial charge in [-0.3, -0.25) is 0 Å². The molecular formula is C11H18BN3O2. The zero-order valence-corrected chi connectivity index (χ0v) is 10.3. The maximum absolute atomic E-state index is 9.08. The number of hydrogen-bond donors (Lipinski definition) is 2. The summed E-state index contributed by atoms with van der Waals surface area (Å²) in [5, 5.41) is 18.2. The highest BCUT2D eigenvalue weighted by molar-refractivity contribution is 6.58. The van der Waals surface area contributed by atoms with Gasteiger partial charge in [0, 0.05) is 37.8 Å². The molecule has 0 saturated carbocycles. The first-order valence-electron chi connectivity index (χ1n) is 5.84. The van der Waals surface area contributed by atoms with Crippen LogP contribution in [0, 0.1) is 6.92 Å². The third-order valence-corrected chi connectivity index (χ3v) is 3.17. The lowest BCUT2D eigenvalue weighted by molar-refractivity contribution is 0.312. The topological polar surface area (TPSA) is 59.8 Å². The summed E-state index contributed by atoms with van der Waals surface area (Å²) in [6, 6.07) is 1.78. The third kappa shape index (κ3) is 2.77. The molecular weight excluding hydrogens is 217 g/mol. The molecule has 1 aromatic heterocycles. The fourth-order valence-corrected chi connectivity index (χ4v) is 2.08. The van der Waals surface area contributed by atoms with Gasteiger partial charge in [-0.15, -0.1) is 0 Å². The van der Waals surface area contributed by atoms with E-state index in [-0.39, 0.29) is 0 Å². The highest BCUT2D eigenvalue weighted by Gasteiger charge is 2.19. The van der Waals surface area contributed by atoms with Crippen molar-refractivity contribution in [3.05, 3.63) is 17.8 Å². The van der Waals surface area contributed by atoms with Crippen molar-refractivity contribution in [2.24, 2.45) is 0 Å². The van der Waals surface area contributed by atoms with Gasteiger partial charge in [0.05, 0.1) is 0 Å². The quantitative estimate of drug-likeness (QED) is 0.632. The Morgan fingerprint density at radius 2 is 1.88 bits per heavy atom. The molecule has 0 amide bonds. The highest BCUT2D eigenvalue weighted by Crippen LogP contribution is 2.16. The Morgan fingerprint density at radius 3 is 2.41 bits per heavy atom. The van der Waals surface area contributed by atoms with Crippen molar-refractivity contribution in [2.45, 2.75) is 6.92 Å². The molecule has 1 fully saturated rings. The molecule has 0 atom stereocenters. The first-order chi connectivity index (χ1) is 8.08. The molecule has 5 nitrogen and oxygen atoms in total. The minimum Gasteiger partial charge on any atom is -0.423 e. The number of aromatic nitrogens is 1. The van der Waals surface area contributed by atoms with E-state index in [0.29, 0.717) is 5.46 Å². The molecule has 2 N–H and O–H groups in total. The van der Waals surface area contributed by atoms with Crippen LogP contribution in [-0.4, -0.2) is 60.3 Å². The number of piperazine rings is 1. The Bertz CT molecular complexity index is 392. The summed E-state index contributed by atoms with van der Waals surface area (Å²) in [5.41, 5.74) is 1.43. The van der Waals surface area contributed by atoms with Crippen LogP contribution in [0.2, 0.25) is 0 Å². The second-order valence-electron chi connectivity index (χ2n) is 4.57. The van der Waals surface area contributed by atoms with Crippen LogP contribution in [0.1, 0.15) is 5.56 Å². The lowest BCUT2D eigenvalue weighted by atomic mass is 9.81. The summed E-state index contributed by atoms with van der Waals surface area (Å²) in [6.45, 7) is 5.94.